The number of nitrogens with two attached hydrogens (primary N) is 1. The van der Waals surface area contributed by atoms with Gasteiger partial charge in [-0.15, -0.1) is 0 Å². The van der Waals surface area contributed by atoms with Crippen LogP contribution in [0.1, 0.15) is 50.5 Å². The molecule has 166 valence electrons. The van der Waals surface area contributed by atoms with Gasteiger partial charge in [0.1, 0.15) is 11.5 Å². The Kier molecular flexibility index (Phi) is 5.23. The van der Waals surface area contributed by atoms with Gasteiger partial charge in [0.25, 0.3) is 5.91 Å². The zero-order valence-corrected chi connectivity index (χ0v) is 17.3. The summed E-state index contributed by atoms with van der Waals surface area (Å²) in [6.45, 7) is 3.87. The lowest BCUT2D eigenvalue weighted by atomic mass is 10.0. The van der Waals surface area contributed by atoms with Crippen LogP contribution in [0.25, 0.3) is 0 Å². The fourth-order valence-corrected chi connectivity index (χ4v) is 3.77. The van der Waals surface area contributed by atoms with Crippen molar-refractivity contribution in [3.05, 3.63) is 70.7 Å². The Labute approximate surface area is 181 Å². The van der Waals surface area contributed by atoms with Crippen molar-refractivity contribution in [2.45, 2.75) is 32.5 Å². The van der Waals surface area contributed by atoms with Crippen molar-refractivity contribution in [2.24, 2.45) is 0 Å². The second-order valence-electron chi connectivity index (χ2n) is 7.82. The number of anilines is 2. The lowest BCUT2D eigenvalue weighted by molar-refractivity contribution is -0.137. The molecule has 2 aromatic heterocycles. The van der Waals surface area contributed by atoms with Gasteiger partial charge in [0, 0.05) is 30.4 Å². The van der Waals surface area contributed by atoms with Crippen molar-refractivity contribution in [2.75, 3.05) is 17.2 Å². The van der Waals surface area contributed by atoms with E-state index in [1.165, 1.54) is 23.2 Å². The summed E-state index contributed by atoms with van der Waals surface area (Å²) in [5.74, 6) is -0.632. The summed E-state index contributed by atoms with van der Waals surface area (Å²) in [6, 6.07) is 5.82. The molecule has 0 aliphatic carbocycles. The van der Waals surface area contributed by atoms with E-state index in [2.05, 4.69) is 10.1 Å². The normalized spacial score (nSPS) is 16.2. The smallest absolute Gasteiger partial charge is 0.383 e. The Morgan fingerprint density at radius 1 is 1.22 bits per heavy atom. The van der Waals surface area contributed by atoms with Crippen molar-refractivity contribution in [1.82, 2.24) is 14.8 Å². The predicted octanol–water partition coefficient (Wildman–Crippen LogP) is 3.83. The standard InChI is InChI=1S/C22H20F3N5O2/c1-12-7-17(20(26)27-9-12)18(31)8-14-10-28-30-13(2)11-29(21(32)19(14)30)16-5-3-15(4-6-16)22(23,24)25/h3-7,9-10,13H,8,11H2,1-2H3,(H2,26,27)/t13-/m0/s1. The second-order valence-corrected chi connectivity index (χ2v) is 7.82. The average Bonchev–Trinajstić information content (AvgIpc) is 3.16. The van der Waals surface area contributed by atoms with E-state index in [9.17, 15) is 22.8 Å². The number of rotatable bonds is 4. The van der Waals surface area contributed by atoms with Gasteiger partial charge in [-0.2, -0.15) is 18.3 Å². The number of pyridine rings is 1. The Morgan fingerprint density at radius 3 is 2.56 bits per heavy atom. The van der Waals surface area contributed by atoms with Crippen LogP contribution < -0.4 is 10.6 Å². The number of carbonyl (C=O) groups is 2. The van der Waals surface area contributed by atoms with Crippen LogP contribution in [0, 0.1) is 6.92 Å². The minimum absolute atomic E-state index is 0.104. The number of aromatic nitrogens is 3. The molecule has 0 saturated carbocycles. The number of ketones is 1. The van der Waals surface area contributed by atoms with Gasteiger partial charge in [-0.1, -0.05) is 0 Å². The minimum atomic E-state index is -4.46. The molecule has 32 heavy (non-hydrogen) atoms. The largest absolute Gasteiger partial charge is 0.416 e. The molecular formula is C22H20F3N5O2. The van der Waals surface area contributed by atoms with Gasteiger partial charge in [0.05, 0.1) is 23.4 Å². The monoisotopic (exact) mass is 443 g/mol. The van der Waals surface area contributed by atoms with Crippen LogP contribution in [-0.2, 0) is 12.6 Å². The summed E-state index contributed by atoms with van der Waals surface area (Å²) in [5, 5.41) is 4.27. The quantitative estimate of drug-likeness (QED) is 0.619. The molecule has 0 spiro atoms. The molecule has 1 aliphatic rings. The van der Waals surface area contributed by atoms with Gasteiger partial charge >= 0.3 is 6.18 Å². The van der Waals surface area contributed by atoms with Gasteiger partial charge < -0.3 is 10.6 Å². The number of halogens is 3. The maximum atomic E-state index is 13.3. The number of Topliss-reactive ketones (excluding diaryl/α,β-unsaturated/α-hetero) is 1. The van der Waals surface area contributed by atoms with Gasteiger partial charge in [-0.25, -0.2) is 4.98 Å². The van der Waals surface area contributed by atoms with Crippen molar-refractivity contribution < 1.29 is 22.8 Å². The molecule has 0 fully saturated rings. The van der Waals surface area contributed by atoms with E-state index in [4.69, 9.17) is 5.73 Å². The molecule has 0 unspecified atom stereocenters. The second kappa shape index (κ2) is 7.77. The first kappa shape index (κ1) is 21.5. The molecular weight excluding hydrogens is 423 g/mol. The number of alkyl halides is 3. The van der Waals surface area contributed by atoms with Crippen LogP contribution in [0.4, 0.5) is 24.7 Å². The third-order valence-electron chi connectivity index (χ3n) is 5.40. The van der Waals surface area contributed by atoms with E-state index < -0.39 is 17.6 Å². The van der Waals surface area contributed by atoms with Crippen molar-refractivity contribution >= 4 is 23.2 Å². The van der Waals surface area contributed by atoms with Crippen LogP contribution >= 0.6 is 0 Å². The number of aryl methyl sites for hydroxylation is 1. The van der Waals surface area contributed by atoms with E-state index in [0.29, 0.717) is 11.3 Å². The lowest BCUT2D eigenvalue weighted by Crippen LogP contribution is -2.43. The number of amides is 1. The fourth-order valence-electron chi connectivity index (χ4n) is 3.77. The Hall–Kier alpha value is -3.69. The average molecular weight is 443 g/mol. The summed E-state index contributed by atoms with van der Waals surface area (Å²) in [5.41, 5.74) is 7.08. The fraction of sp³-hybridized carbons (Fsp3) is 0.273. The van der Waals surface area contributed by atoms with Gasteiger partial charge in [0.2, 0.25) is 0 Å². The number of hydrogen-bond donors (Lipinski definition) is 1. The zero-order chi connectivity index (χ0) is 23.2. The van der Waals surface area contributed by atoms with E-state index >= 15 is 0 Å². The Morgan fingerprint density at radius 2 is 1.91 bits per heavy atom. The molecule has 3 heterocycles. The topological polar surface area (TPSA) is 94.1 Å². The van der Waals surface area contributed by atoms with E-state index in [0.717, 1.165) is 17.7 Å². The first-order valence-electron chi connectivity index (χ1n) is 9.87. The van der Waals surface area contributed by atoms with Gasteiger partial charge in [-0.3, -0.25) is 14.3 Å². The highest BCUT2D eigenvalue weighted by molar-refractivity contribution is 6.08. The molecule has 4 rings (SSSR count). The van der Waals surface area contributed by atoms with E-state index in [-0.39, 0.29) is 41.9 Å². The predicted molar refractivity (Wildman–Crippen MR) is 111 cm³/mol. The van der Waals surface area contributed by atoms with Gasteiger partial charge in [-0.05, 0) is 49.7 Å². The van der Waals surface area contributed by atoms with Crippen molar-refractivity contribution in [3.8, 4) is 0 Å². The summed E-state index contributed by atoms with van der Waals surface area (Å²) in [6.07, 6.45) is -1.54. The molecule has 0 radical (unpaired) electrons. The van der Waals surface area contributed by atoms with Crippen LogP contribution in [-0.4, -0.2) is 33.0 Å². The number of hydrogen-bond acceptors (Lipinski definition) is 5. The van der Waals surface area contributed by atoms with E-state index in [1.54, 1.807) is 23.9 Å². The van der Waals surface area contributed by atoms with Crippen LogP contribution in [0.3, 0.4) is 0 Å². The molecule has 10 heteroatoms. The number of nitrogens with zero attached hydrogens (tertiary/aromatic N) is 4. The Bertz CT molecular complexity index is 1200. The molecule has 1 aliphatic heterocycles. The number of benzene rings is 1. The third kappa shape index (κ3) is 3.83. The van der Waals surface area contributed by atoms with Crippen LogP contribution in [0.5, 0.6) is 0 Å². The first-order valence-corrected chi connectivity index (χ1v) is 9.87. The number of nitrogen functional groups attached to an aromatic ring is 1. The van der Waals surface area contributed by atoms with Crippen LogP contribution in [0.15, 0.2) is 42.7 Å². The molecule has 3 aromatic rings. The summed E-state index contributed by atoms with van der Waals surface area (Å²) < 4.78 is 40.2. The molecule has 1 aromatic carbocycles. The molecule has 0 saturated heterocycles. The van der Waals surface area contributed by atoms with Crippen molar-refractivity contribution in [1.29, 1.82) is 0 Å². The number of fused-ring (bicyclic) bond motifs is 1. The van der Waals surface area contributed by atoms with E-state index in [1.807, 2.05) is 6.92 Å². The van der Waals surface area contributed by atoms with Crippen LogP contribution in [0.2, 0.25) is 0 Å². The maximum absolute atomic E-state index is 13.3. The highest BCUT2D eigenvalue weighted by atomic mass is 19.4. The lowest BCUT2D eigenvalue weighted by Gasteiger charge is -2.32. The summed E-state index contributed by atoms with van der Waals surface area (Å²) in [4.78, 5) is 31.5. The summed E-state index contributed by atoms with van der Waals surface area (Å²) in [7, 11) is 0. The molecule has 1 atom stereocenters. The zero-order valence-electron chi connectivity index (χ0n) is 17.3. The minimum Gasteiger partial charge on any atom is -0.383 e. The highest BCUT2D eigenvalue weighted by Crippen LogP contribution is 2.33. The van der Waals surface area contributed by atoms with Gasteiger partial charge in [0.15, 0.2) is 5.78 Å². The summed E-state index contributed by atoms with van der Waals surface area (Å²) >= 11 is 0. The third-order valence-corrected chi connectivity index (χ3v) is 5.40. The molecule has 7 nitrogen and oxygen atoms in total. The highest BCUT2D eigenvalue weighted by Gasteiger charge is 2.35. The maximum Gasteiger partial charge on any atom is 0.416 e. The molecule has 0 bridgehead atoms. The van der Waals surface area contributed by atoms with Crippen molar-refractivity contribution in [3.63, 3.8) is 0 Å². The SMILES string of the molecule is Cc1cnc(N)c(C(=O)Cc2cnn3c2C(=O)N(c2ccc(C(F)(F)F)cc2)C[C@@H]3C)c1. The first-order chi connectivity index (χ1) is 15.1. The Balaban J connectivity index is 1.65. The molecule has 2 N–H and O–H groups in total. The molecule has 1 amide bonds. The number of carbonyl (C=O) groups excluding carboxylic acids is 2.